The highest BCUT2D eigenvalue weighted by Crippen LogP contribution is 2.25. The molecule has 18 heavy (non-hydrogen) atoms. The van der Waals surface area contributed by atoms with Gasteiger partial charge in [0.2, 0.25) is 0 Å². The smallest absolute Gasteiger partial charge is 0.251 e. The summed E-state index contributed by atoms with van der Waals surface area (Å²) in [6, 6.07) is 7.22. The summed E-state index contributed by atoms with van der Waals surface area (Å²) in [6.07, 6.45) is 4.49. The topological polar surface area (TPSA) is 29.1 Å². The second-order valence-corrected chi connectivity index (χ2v) is 5.53. The molecule has 1 aromatic rings. The lowest BCUT2D eigenvalue weighted by molar-refractivity contribution is 0.0911. The van der Waals surface area contributed by atoms with Crippen molar-refractivity contribution in [2.75, 3.05) is 5.88 Å². The number of rotatable bonds is 3. The minimum absolute atomic E-state index is 0.0560. The van der Waals surface area contributed by atoms with Crippen LogP contribution in [-0.2, 0) is 0 Å². The van der Waals surface area contributed by atoms with E-state index in [9.17, 15) is 4.79 Å². The normalized spacial score (nSPS) is 23.7. The van der Waals surface area contributed by atoms with E-state index in [1.807, 2.05) is 0 Å². The summed E-state index contributed by atoms with van der Waals surface area (Å²) in [5.41, 5.74) is 0.612. The van der Waals surface area contributed by atoms with Gasteiger partial charge < -0.3 is 5.32 Å². The van der Waals surface area contributed by atoms with Crippen molar-refractivity contribution in [3.8, 4) is 0 Å². The highest BCUT2D eigenvalue weighted by atomic mass is 35.5. The Kier molecular flexibility index (Phi) is 4.90. The summed E-state index contributed by atoms with van der Waals surface area (Å²) in [5.74, 6) is 0.948. The molecule has 98 valence electrons. The summed E-state index contributed by atoms with van der Waals surface area (Å²) in [4.78, 5) is 12.1. The minimum Gasteiger partial charge on any atom is -0.349 e. The van der Waals surface area contributed by atoms with E-state index in [1.165, 1.54) is 6.42 Å². The molecule has 4 heteroatoms. The average Bonchev–Trinajstić information content (AvgIpc) is 2.39. The van der Waals surface area contributed by atoms with Crippen LogP contribution >= 0.6 is 23.2 Å². The fourth-order valence-corrected chi connectivity index (χ4v) is 3.02. The first-order chi connectivity index (χ1) is 8.70. The van der Waals surface area contributed by atoms with Crippen molar-refractivity contribution in [2.45, 2.75) is 31.7 Å². The molecular formula is C14H17Cl2NO. The first-order valence-electron chi connectivity index (χ1n) is 6.33. The van der Waals surface area contributed by atoms with E-state index in [1.54, 1.807) is 24.3 Å². The van der Waals surface area contributed by atoms with Crippen LogP contribution in [-0.4, -0.2) is 17.8 Å². The van der Waals surface area contributed by atoms with Gasteiger partial charge in [0.25, 0.3) is 5.91 Å². The Hall–Kier alpha value is -0.730. The Morgan fingerprint density at radius 1 is 1.33 bits per heavy atom. The van der Waals surface area contributed by atoms with Crippen LogP contribution in [0.25, 0.3) is 0 Å². The molecule has 0 radical (unpaired) electrons. The zero-order chi connectivity index (χ0) is 13.0. The van der Waals surface area contributed by atoms with Crippen molar-refractivity contribution >= 4 is 29.1 Å². The molecule has 1 saturated carbocycles. The molecule has 0 spiro atoms. The van der Waals surface area contributed by atoms with Crippen molar-refractivity contribution in [1.29, 1.82) is 0 Å². The van der Waals surface area contributed by atoms with Gasteiger partial charge in [0, 0.05) is 22.5 Å². The van der Waals surface area contributed by atoms with Gasteiger partial charge >= 0.3 is 0 Å². The summed E-state index contributed by atoms with van der Waals surface area (Å²) in [5, 5.41) is 3.66. The van der Waals surface area contributed by atoms with Crippen LogP contribution in [0.2, 0.25) is 5.02 Å². The van der Waals surface area contributed by atoms with Gasteiger partial charge in [-0.2, -0.15) is 0 Å². The molecule has 1 aliphatic rings. The van der Waals surface area contributed by atoms with Gasteiger partial charge in [-0.25, -0.2) is 0 Å². The van der Waals surface area contributed by atoms with Crippen molar-refractivity contribution in [3.63, 3.8) is 0 Å². The highest BCUT2D eigenvalue weighted by molar-refractivity contribution is 6.30. The quantitative estimate of drug-likeness (QED) is 0.840. The zero-order valence-corrected chi connectivity index (χ0v) is 11.7. The number of carbonyl (C=O) groups is 1. The molecule has 1 aromatic carbocycles. The van der Waals surface area contributed by atoms with E-state index in [2.05, 4.69) is 5.32 Å². The van der Waals surface area contributed by atoms with Crippen molar-refractivity contribution in [2.24, 2.45) is 5.92 Å². The maximum absolute atomic E-state index is 12.1. The van der Waals surface area contributed by atoms with Gasteiger partial charge in [-0.05, 0) is 37.0 Å². The van der Waals surface area contributed by atoms with E-state index in [-0.39, 0.29) is 11.9 Å². The fraction of sp³-hybridized carbons (Fsp3) is 0.500. The summed E-state index contributed by atoms with van der Waals surface area (Å²) in [7, 11) is 0. The Bertz CT molecular complexity index is 422. The molecule has 2 unspecified atom stereocenters. The van der Waals surface area contributed by atoms with Crippen LogP contribution in [0.5, 0.6) is 0 Å². The number of nitrogens with one attached hydrogen (secondary N) is 1. The first kappa shape index (κ1) is 13.7. The Balaban J connectivity index is 2.02. The third-order valence-corrected chi connectivity index (χ3v) is 4.14. The number of alkyl halides is 1. The molecular weight excluding hydrogens is 269 g/mol. The molecule has 2 nitrogen and oxygen atoms in total. The number of hydrogen-bond donors (Lipinski definition) is 1. The van der Waals surface area contributed by atoms with Gasteiger partial charge in [0.05, 0.1) is 0 Å². The number of halogens is 2. The van der Waals surface area contributed by atoms with E-state index in [4.69, 9.17) is 23.2 Å². The maximum atomic E-state index is 12.1. The van der Waals surface area contributed by atoms with Crippen LogP contribution in [0, 0.1) is 5.92 Å². The molecule has 1 amide bonds. The summed E-state index contributed by atoms with van der Waals surface area (Å²) >= 11 is 11.8. The van der Waals surface area contributed by atoms with E-state index in [0.29, 0.717) is 22.4 Å². The largest absolute Gasteiger partial charge is 0.349 e. The summed E-state index contributed by atoms with van der Waals surface area (Å²) in [6.45, 7) is 0. The van der Waals surface area contributed by atoms with Gasteiger partial charge in [0.15, 0.2) is 0 Å². The summed E-state index contributed by atoms with van der Waals surface area (Å²) < 4.78 is 0. The Morgan fingerprint density at radius 2 is 2.11 bits per heavy atom. The Morgan fingerprint density at radius 3 is 2.83 bits per heavy atom. The number of hydrogen-bond acceptors (Lipinski definition) is 1. The molecule has 1 N–H and O–H groups in total. The minimum atomic E-state index is -0.0560. The molecule has 2 rings (SSSR count). The SMILES string of the molecule is O=C(NC1CCCCC1CCl)c1cccc(Cl)c1. The van der Waals surface area contributed by atoms with Gasteiger partial charge in [-0.15, -0.1) is 11.6 Å². The second-order valence-electron chi connectivity index (χ2n) is 4.79. The van der Waals surface area contributed by atoms with Gasteiger partial charge in [0.1, 0.15) is 0 Å². The number of carbonyl (C=O) groups excluding carboxylic acids is 1. The molecule has 0 heterocycles. The monoisotopic (exact) mass is 285 g/mol. The van der Waals surface area contributed by atoms with Gasteiger partial charge in [-0.3, -0.25) is 4.79 Å². The molecule has 1 aliphatic carbocycles. The third-order valence-electron chi connectivity index (χ3n) is 3.51. The number of benzene rings is 1. The van der Waals surface area contributed by atoms with Gasteiger partial charge in [-0.1, -0.05) is 30.5 Å². The predicted octanol–water partition coefficient (Wildman–Crippen LogP) is 3.87. The fourth-order valence-electron chi connectivity index (χ4n) is 2.46. The van der Waals surface area contributed by atoms with E-state index >= 15 is 0 Å². The molecule has 0 saturated heterocycles. The van der Waals surface area contributed by atoms with Crippen LogP contribution in [0.1, 0.15) is 36.0 Å². The molecule has 2 atom stereocenters. The van der Waals surface area contributed by atoms with Crippen molar-refractivity contribution < 1.29 is 4.79 Å². The molecule has 0 aromatic heterocycles. The molecule has 1 fully saturated rings. The molecule has 0 aliphatic heterocycles. The molecule has 0 bridgehead atoms. The first-order valence-corrected chi connectivity index (χ1v) is 7.24. The van der Waals surface area contributed by atoms with E-state index in [0.717, 1.165) is 19.3 Å². The zero-order valence-electron chi connectivity index (χ0n) is 10.2. The lowest BCUT2D eigenvalue weighted by Crippen LogP contribution is -2.42. The van der Waals surface area contributed by atoms with Crippen LogP contribution in [0.3, 0.4) is 0 Å². The average molecular weight is 286 g/mol. The lowest BCUT2D eigenvalue weighted by Gasteiger charge is -2.30. The van der Waals surface area contributed by atoms with E-state index < -0.39 is 0 Å². The maximum Gasteiger partial charge on any atom is 0.251 e. The van der Waals surface area contributed by atoms with Crippen molar-refractivity contribution in [1.82, 2.24) is 5.32 Å². The number of amides is 1. The highest BCUT2D eigenvalue weighted by Gasteiger charge is 2.25. The van der Waals surface area contributed by atoms with Crippen LogP contribution in [0.15, 0.2) is 24.3 Å². The third kappa shape index (κ3) is 3.39. The Labute approximate surface area is 118 Å². The van der Waals surface area contributed by atoms with Crippen LogP contribution in [0.4, 0.5) is 0 Å². The van der Waals surface area contributed by atoms with Crippen molar-refractivity contribution in [3.05, 3.63) is 34.9 Å². The standard InChI is InChI=1S/C14H17Cl2NO/c15-9-11-4-1-2-7-13(11)17-14(18)10-5-3-6-12(16)8-10/h3,5-6,8,11,13H,1-2,4,7,9H2,(H,17,18). The van der Waals surface area contributed by atoms with Crippen LogP contribution < -0.4 is 5.32 Å². The second kappa shape index (κ2) is 6.44. The lowest BCUT2D eigenvalue weighted by atomic mass is 9.85. The predicted molar refractivity (Wildman–Crippen MR) is 75.4 cm³/mol.